The van der Waals surface area contributed by atoms with Gasteiger partial charge < -0.3 is 4.90 Å². The predicted octanol–water partition coefficient (Wildman–Crippen LogP) is 3.89. The van der Waals surface area contributed by atoms with E-state index in [-0.39, 0.29) is 30.1 Å². The summed E-state index contributed by atoms with van der Waals surface area (Å²) in [5, 5.41) is 0. The number of fused-ring (bicyclic) bond motifs is 2. The molecule has 1 atom stereocenters. The van der Waals surface area contributed by atoms with Crippen molar-refractivity contribution in [2.24, 2.45) is 0 Å². The molecule has 0 N–H and O–H groups in total. The topological polar surface area (TPSA) is 68.1 Å². The monoisotopic (exact) mass is 404 g/mol. The minimum Gasteiger partial charge on any atom is -0.330 e. The molecule has 3 aromatic rings. The lowest BCUT2D eigenvalue weighted by atomic mass is 9.89. The lowest BCUT2D eigenvalue weighted by Crippen LogP contribution is -2.46. The number of nitrogens with zero attached hydrogens (tertiary/aromatic N) is 4. The van der Waals surface area contributed by atoms with Crippen molar-refractivity contribution in [2.75, 3.05) is 0 Å². The van der Waals surface area contributed by atoms with Crippen LogP contribution in [0.4, 0.5) is 0 Å². The summed E-state index contributed by atoms with van der Waals surface area (Å²) in [6.45, 7) is 4.24. The van der Waals surface area contributed by atoms with E-state index < -0.39 is 0 Å². The third-order valence-electron chi connectivity index (χ3n) is 6.17. The van der Waals surface area contributed by atoms with Gasteiger partial charge in [-0.25, -0.2) is 4.98 Å². The van der Waals surface area contributed by atoms with Crippen LogP contribution in [0.3, 0.4) is 0 Å². The van der Waals surface area contributed by atoms with Gasteiger partial charge in [0.15, 0.2) is 0 Å². The van der Waals surface area contributed by atoms with Crippen molar-refractivity contribution < 1.29 is 4.79 Å². The smallest absolute Gasteiger partial charge is 0.269 e. The molecule has 1 aromatic carbocycles. The molecule has 0 radical (unpaired) electrons. The molecule has 2 aromatic heterocycles. The predicted molar refractivity (Wildman–Crippen MR) is 117 cm³/mol. The first-order chi connectivity index (χ1) is 14.6. The zero-order valence-corrected chi connectivity index (χ0v) is 17.6. The van der Waals surface area contributed by atoms with E-state index in [0.29, 0.717) is 11.0 Å². The van der Waals surface area contributed by atoms with Crippen LogP contribution in [-0.4, -0.2) is 31.4 Å². The summed E-state index contributed by atoms with van der Waals surface area (Å²) < 4.78 is 1.54. The van der Waals surface area contributed by atoms with E-state index in [1.54, 1.807) is 4.57 Å². The summed E-state index contributed by atoms with van der Waals surface area (Å²) in [6, 6.07) is 11.6. The van der Waals surface area contributed by atoms with Crippen LogP contribution >= 0.6 is 0 Å². The van der Waals surface area contributed by atoms with Crippen LogP contribution in [0.15, 0.2) is 53.6 Å². The second-order valence-corrected chi connectivity index (χ2v) is 7.90. The van der Waals surface area contributed by atoms with Gasteiger partial charge in [-0.05, 0) is 55.9 Å². The van der Waals surface area contributed by atoms with Crippen molar-refractivity contribution in [3.8, 4) is 0 Å². The van der Waals surface area contributed by atoms with Gasteiger partial charge >= 0.3 is 0 Å². The first kappa shape index (κ1) is 20.3. The average Bonchev–Trinajstić information content (AvgIpc) is 2.79. The largest absolute Gasteiger partial charge is 0.330 e. The molecule has 4 rings (SSSR count). The Balaban J connectivity index is 1.74. The van der Waals surface area contributed by atoms with Crippen LogP contribution < -0.4 is 5.56 Å². The maximum atomic E-state index is 13.7. The van der Waals surface area contributed by atoms with Gasteiger partial charge in [0.2, 0.25) is 5.91 Å². The van der Waals surface area contributed by atoms with Crippen molar-refractivity contribution in [1.82, 2.24) is 19.4 Å². The minimum atomic E-state index is -0.256. The van der Waals surface area contributed by atoms with Crippen LogP contribution in [0, 0.1) is 0 Å². The maximum absolute atomic E-state index is 13.7. The zero-order chi connectivity index (χ0) is 21.1. The van der Waals surface area contributed by atoms with Crippen LogP contribution in [0.25, 0.3) is 11.0 Å². The molecule has 1 aliphatic rings. The molecule has 6 nitrogen and oxygen atoms in total. The van der Waals surface area contributed by atoms with E-state index in [4.69, 9.17) is 0 Å². The number of hydrogen-bond acceptors (Lipinski definition) is 4. The number of aryl methyl sites for hydroxylation is 1. The molecule has 0 aliphatic heterocycles. The third kappa shape index (κ3) is 3.74. The molecular formula is C24H28N4O2. The van der Waals surface area contributed by atoms with Gasteiger partial charge in [0, 0.05) is 12.2 Å². The quantitative estimate of drug-likeness (QED) is 0.625. The summed E-state index contributed by atoms with van der Waals surface area (Å²) >= 11 is 0. The summed E-state index contributed by atoms with van der Waals surface area (Å²) in [5.41, 5.74) is 3.38. The molecule has 1 aliphatic carbocycles. The van der Waals surface area contributed by atoms with Gasteiger partial charge in [0.1, 0.15) is 6.54 Å². The number of hydrogen-bond donors (Lipinski definition) is 0. The highest BCUT2D eigenvalue weighted by Crippen LogP contribution is 2.35. The van der Waals surface area contributed by atoms with Crippen molar-refractivity contribution in [3.05, 3.63) is 70.4 Å². The lowest BCUT2D eigenvalue weighted by Gasteiger charge is -2.40. The Morgan fingerprint density at radius 1 is 1.17 bits per heavy atom. The molecule has 1 amide bonds. The van der Waals surface area contributed by atoms with E-state index in [0.717, 1.165) is 37.8 Å². The number of pyridine rings is 1. The fourth-order valence-electron chi connectivity index (χ4n) is 4.66. The molecule has 6 heteroatoms. The van der Waals surface area contributed by atoms with Gasteiger partial charge in [-0.2, -0.15) is 0 Å². The zero-order valence-electron chi connectivity index (χ0n) is 17.6. The Kier molecular flexibility index (Phi) is 5.93. The molecule has 0 saturated carbocycles. The highest BCUT2D eigenvalue weighted by Gasteiger charge is 2.34. The Morgan fingerprint density at radius 2 is 1.97 bits per heavy atom. The Bertz CT molecular complexity index is 1100. The normalized spacial score (nSPS) is 15.9. The number of rotatable bonds is 6. The highest BCUT2D eigenvalue weighted by atomic mass is 16.2. The molecule has 2 heterocycles. The van der Waals surface area contributed by atoms with Crippen LogP contribution in [0.1, 0.15) is 56.8 Å². The van der Waals surface area contributed by atoms with Gasteiger partial charge in [0.25, 0.3) is 5.56 Å². The second-order valence-electron chi connectivity index (χ2n) is 7.90. The molecular weight excluding hydrogens is 376 g/mol. The molecule has 0 bridgehead atoms. The van der Waals surface area contributed by atoms with Crippen molar-refractivity contribution in [1.29, 1.82) is 0 Å². The summed E-state index contributed by atoms with van der Waals surface area (Å²) in [5.74, 6) is -0.0364. The molecule has 30 heavy (non-hydrogen) atoms. The molecule has 156 valence electrons. The lowest BCUT2D eigenvalue weighted by molar-refractivity contribution is -0.138. The Hall–Kier alpha value is -3.02. The van der Waals surface area contributed by atoms with Gasteiger partial charge in [-0.1, -0.05) is 32.0 Å². The van der Waals surface area contributed by atoms with E-state index in [2.05, 4.69) is 29.9 Å². The minimum absolute atomic E-state index is 0.0109. The first-order valence-electron chi connectivity index (χ1n) is 10.8. The summed E-state index contributed by atoms with van der Waals surface area (Å²) in [7, 11) is 0. The number of aromatic nitrogens is 3. The van der Waals surface area contributed by atoms with Crippen LogP contribution in [0.2, 0.25) is 0 Å². The third-order valence-corrected chi connectivity index (χ3v) is 6.17. The molecule has 0 fully saturated rings. The van der Waals surface area contributed by atoms with Crippen molar-refractivity contribution in [2.45, 2.75) is 64.6 Å². The van der Waals surface area contributed by atoms with Gasteiger partial charge in [-0.15, -0.1) is 0 Å². The van der Waals surface area contributed by atoms with E-state index in [9.17, 15) is 9.59 Å². The fourth-order valence-corrected chi connectivity index (χ4v) is 4.66. The molecule has 0 saturated heterocycles. The maximum Gasteiger partial charge on any atom is 0.269 e. The average molecular weight is 405 g/mol. The van der Waals surface area contributed by atoms with E-state index in [1.165, 1.54) is 11.8 Å². The number of para-hydroxylation sites is 2. The summed E-state index contributed by atoms with van der Waals surface area (Å²) in [4.78, 5) is 37.2. The number of carbonyl (C=O) groups excluding carboxylic acids is 1. The summed E-state index contributed by atoms with van der Waals surface area (Å²) in [6.07, 6.45) is 7.78. The molecule has 0 spiro atoms. The number of carbonyl (C=O) groups is 1. The van der Waals surface area contributed by atoms with E-state index >= 15 is 0 Å². The standard InChI is InChI=1S/C24H28N4O2/c1-3-18(4-2)28(21-13-7-9-17-10-8-14-25-24(17)21)23(30)16-27-20-12-6-5-11-19(20)26-15-22(27)29/h5-6,8,10-12,14-15,18,21H,3-4,7,9,13,16H2,1-2H3/t21-/m0/s1. The molecule has 0 unspecified atom stereocenters. The fraction of sp³-hybridized carbons (Fsp3) is 0.417. The first-order valence-corrected chi connectivity index (χ1v) is 10.8. The Morgan fingerprint density at radius 3 is 2.77 bits per heavy atom. The second kappa shape index (κ2) is 8.78. The van der Waals surface area contributed by atoms with Gasteiger partial charge in [-0.3, -0.25) is 19.1 Å². The number of amides is 1. The van der Waals surface area contributed by atoms with Crippen molar-refractivity contribution >= 4 is 16.9 Å². The van der Waals surface area contributed by atoms with Crippen LogP contribution in [-0.2, 0) is 17.8 Å². The number of benzene rings is 1. The van der Waals surface area contributed by atoms with Crippen LogP contribution in [0.5, 0.6) is 0 Å². The highest BCUT2D eigenvalue weighted by molar-refractivity contribution is 5.80. The van der Waals surface area contributed by atoms with Crippen molar-refractivity contribution in [3.63, 3.8) is 0 Å². The van der Waals surface area contributed by atoms with E-state index in [1.807, 2.05) is 41.4 Å². The Labute approximate surface area is 176 Å². The SMILES string of the molecule is CCC(CC)N(C(=O)Cn1c(=O)cnc2ccccc21)[C@H]1CCCc2cccnc21. The van der Waals surface area contributed by atoms with Gasteiger partial charge in [0.05, 0.1) is 29.0 Å².